The van der Waals surface area contributed by atoms with E-state index in [9.17, 15) is 9.59 Å². The van der Waals surface area contributed by atoms with E-state index in [0.29, 0.717) is 24.5 Å². The molecule has 102 valence electrons. The van der Waals surface area contributed by atoms with Crippen LogP contribution < -0.4 is 0 Å². The van der Waals surface area contributed by atoms with Gasteiger partial charge in [0.25, 0.3) is 0 Å². The van der Waals surface area contributed by atoms with Crippen LogP contribution in [0.3, 0.4) is 0 Å². The summed E-state index contributed by atoms with van der Waals surface area (Å²) in [6.07, 6.45) is 0. The lowest BCUT2D eigenvalue weighted by molar-refractivity contribution is -0.116. The van der Waals surface area contributed by atoms with Crippen LogP contribution in [0, 0.1) is 0 Å². The minimum atomic E-state index is -0.673. The van der Waals surface area contributed by atoms with Crippen molar-refractivity contribution in [2.45, 2.75) is 38.4 Å². The van der Waals surface area contributed by atoms with Crippen LogP contribution in [-0.2, 0) is 9.59 Å². The van der Waals surface area contributed by atoms with Crippen LogP contribution in [0.4, 0.5) is 0 Å². The molecule has 0 saturated heterocycles. The van der Waals surface area contributed by atoms with Crippen molar-refractivity contribution in [2.75, 3.05) is 13.1 Å². The second-order valence-electron chi connectivity index (χ2n) is 3.99. The fraction of sp³-hybridized carbons (Fsp3) is 0.667. The van der Waals surface area contributed by atoms with Gasteiger partial charge in [-0.05, 0) is 27.7 Å². The van der Waals surface area contributed by atoms with Crippen LogP contribution in [0.5, 0.6) is 0 Å². The fourth-order valence-electron chi connectivity index (χ4n) is 1.20. The Morgan fingerprint density at radius 2 is 1.11 bits per heavy atom. The molecule has 0 aliphatic heterocycles. The number of Topliss-reactive ketones (excluding diaryl/α,β-unsaturated/α-hetero) is 2. The molecule has 2 unspecified atom stereocenters. The molecule has 0 amide bonds. The highest BCUT2D eigenvalue weighted by Crippen LogP contribution is 2.02. The summed E-state index contributed by atoms with van der Waals surface area (Å²) in [5.41, 5.74) is 1.15. The van der Waals surface area contributed by atoms with Crippen molar-refractivity contribution in [3.8, 4) is 0 Å². The van der Waals surface area contributed by atoms with Crippen LogP contribution in [0.15, 0.2) is 9.98 Å². The maximum atomic E-state index is 11.0. The van der Waals surface area contributed by atoms with Gasteiger partial charge in [-0.2, -0.15) is 0 Å². The van der Waals surface area contributed by atoms with Crippen molar-refractivity contribution >= 4 is 46.2 Å². The topological polar surface area (TPSA) is 58.9 Å². The van der Waals surface area contributed by atoms with E-state index in [4.69, 9.17) is 23.2 Å². The highest BCUT2D eigenvalue weighted by Gasteiger charge is 2.14. The molecule has 0 bridgehead atoms. The van der Waals surface area contributed by atoms with E-state index >= 15 is 0 Å². The molecule has 0 aliphatic carbocycles. The van der Waals surface area contributed by atoms with Gasteiger partial charge in [0.2, 0.25) is 0 Å². The zero-order chi connectivity index (χ0) is 14.3. The van der Waals surface area contributed by atoms with Crippen molar-refractivity contribution in [2.24, 2.45) is 9.98 Å². The molecule has 0 spiro atoms. The van der Waals surface area contributed by atoms with E-state index in [1.165, 1.54) is 13.8 Å². The number of ketones is 2. The Hall–Kier alpha value is -0.740. The lowest BCUT2D eigenvalue weighted by atomic mass is 10.2. The predicted octanol–water partition coefficient (Wildman–Crippen LogP) is 2.30. The van der Waals surface area contributed by atoms with E-state index in [2.05, 4.69) is 9.98 Å². The molecule has 18 heavy (non-hydrogen) atoms. The molecular weight excluding hydrogens is 275 g/mol. The molecule has 0 rings (SSSR count). The molecule has 0 heterocycles. The second-order valence-corrected chi connectivity index (χ2v) is 4.87. The molecule has 0 fully saturated rings. The van der Waals surface area contributed by atoms with E-state index in [-0.39, 0.29) is 11.6 Å². The van der Waals surface area contributed by atoms with Crippen molar-refractivity contribution in [1.82, 2.24) is 0 Å². The summed E-state index contributed by atoms with van der Waals surface area (Å²) in [4.78, 5) is 30.3. The summed E-state index contributed by atoms with van der Waals surface area (Å²) in [5.74, 6) is -0.259. The molecule has 2 atom stereocenters. The number of halogens is 2. The maximum Gasteiger partial charge on any atom is 0.153 e. The Bertz CT molecular complexity index is 342. The van der Waals surface area contributed by atoms with Crippen LogP contribution in [-0.4, -0.2) is 46.8 Å². The van der Waals surface area contributed by atoms with Gasteiger partial charge in [-0.25, -0.2) is 0 Å². The van der Waals surface area contributed by atoms with E-state index < -0.39 is 10.8 Å². The lowest BCUT2D eigenvalue weighted by Gasteiger charge is -2.06. The monoisotopic (exact) mass is 292 g/mol. The summed E-state index contributed by atoms with van der Waals surface area (Å²) < 4.78 is 0. The number of carbonyl (C=O) groups is 2. The molecule has 4 nitrogen and oxygen atoms in total. The van der Waals surface area contributed by atoms with Gasteiger partial charge >= 0.3 is 0 Å². The summed E-state index contributed by atoms with van der Waals surface area (Å²) >= 11 is 11.6. The zero-order valence-electron chi connectivity index (χ0n) is 11.0. The highest BCUT2D eigenvalue weighted by molar-refractivity contribution is 6.42. The van der Waals surface area contributed by atoms with E-state index in [1.807, 2.05) is 0 Å². The Morgan fingerprint density at radius 3 is 1.33 bits per heavy atom. The molecule has 0 aromatic rings. The number of alkyl halides is 2. The number of aliphatic imine (C=N–C) groups is 2. The molecule has 0 aromatic carbocycles. The largest absolute Gasteiger partial charge is 0.298 e. The van der Waals surface area contributed by atoms with Crippen LogP contribution >= 0.6 is 23.2 Å². The first-order chi connectivity index (χ1) is 8.27. The Morgan fingerprint density at radius 1 is 0.833 bits per heavy atom. The van der Waals surface area contributed by atoms with Crippen molar-refractivity contribution in [3.63, 3.8) is 0 Å². The summed E-state index contributed by atoms with van der Waals surface area (Å²) in [6.45, 7) is 7.08. The van der Waals surface area contributed by atoms with Crippen LogP contribution in [0.2, 0.25) is 0 Å². The standard InChI is InChI=1S/C12H18Cl2N2O2/c1-7(11(13)9(3)17)15-5-6-16-8(2)12(14)10(4)18/h11-12H,5-6H2,1-4H3. The number of carbonyl (C=O) groups excluding carboxylic acids is 2. The third-order valence-corrected chi connectivity index (χ3v) is 3.52. The summed E-state index contributed by atoms with van der Waals surface area (Å²) in [5, 5.41) is -1.35. The fourth-order valence-corrected chi connectivity index (χ4v) is 1.34. The van der Waals surface area contributed by atoms with E-state index in [1.54, 1.807) is 13.8 Å². The maximum absolute atomic E-state index is 11.0. The number of hydrogen-bond acceptors (Lipinski definition) is 4. The normalized spacial score (nSPS) is 16.3. The lowest BCUT2D eigenvalue weighted by Crippen LogP contribution is -2.21. The molecule has 0 saturated carbocycles. The van der Waals surface area contributed by atoms with Crippen molar-refractivity contribution in [3.05, 3.63) is 0 Å². The first-order valence-electron chi connectivity index (χ1n) is 5.58. The van der Waals surface area contributed by atoms with Crippen molar-refractivity contribution < 1.29 is 9.59 Å². The van der Waals surface area contributed by atoms with Gasteiger partial charge in [-0.1, -0.05) is 0 Å². The molecule has 0 aromatic heterocycles. The zero-order valence-corrected chi connectivity index (χ0v) is 12.5. The average molecular weight is 293 g/mol. The third kappa shape index (κ3) is 6.26. The van der Waals surface area contributed by atoms with Gasteiger partial charge in [0.1, 0.15) is 10.8 Å². The Labute approximate surface area is 117 Å². The molecular formula is C12H18Cl2N2O2. The van der Waals surface area contributed by atoms with Gasteiger partial charge in [-0.3, -0.25) is 19.6 Å². The Kier molecular flexibility index (Phi) is 8.03. The van der Waals surface area contributed by atoms with Gasteiger partial charge in [-0.15, -0.1) is 23.2 Å². The van der Waals surface area contributed by atoms with Gasteiger partial charge < -0.3 is 0 Å². The van der Waals surface area contributed by atoms with Crippen LogP contribution in [0.1, 0.15) is 27.7 Å². The van der Waals surface area contributed by atoms with Crippen molar-refractivity contribution in [1.29, 1.82) is 0 Å². The SMILES string of the molecule is CC(=O)C(Cl)C(C)=NCCN=C(C)C(Cl)C(C)=O. The minimum Gasteiger partial charge on any atom is -0.298 e. The summed E-state index contributed by atoms with van der Waals surface area (Å²) in [6, 6.07) is 0. The summed E-state index contributed by atoms with van der Waals surface area (Å²) in [7, 11) is 0. The second kappa shape index (κ2) is 8.38. The first kappa shape index (κ1) is 17.3. The Balaban J connectivity index is 4.28. The third-order valence-electron chi connectivity index (χ3n) is 2.27. The van der Waals surface area contributed by atoms with Gasteiger partial charge in [0.05, 0.1) is 13.1 Å². The average Bonchev–Trinajstić information content (AvgIpc) is 2.31. The molecule has 0 N–H and O–H groups in total. The molecule has 0 aliphatic rings. The number of hydrogen-bond donors (Lipinski definition) is 0. The number of rotatable bonds is 7. The van der Waals surface area contributed by atoms with Crippen LogP contribution in [0.25, 0.3) is 0 Å². The molecule has 6 heteroatoms. The predicted molar refractivity (Wildman–Crippen MR) is 76.6 cm³/mol. The van der Waals surface area contributed by atoms with Gasteiger partial charge in [0, 0.05) is 11.4 Å². The van der Waals surface area contributed by atoms with E-state index in [0.717, 1.165) is 0 Å². The molecule has 0 radical (unpaired) electrons. The quantitative estimate of drug-likeness (QED) is 0.411. The number of nitrogens with zero attached hydrogens (tertiary/aromatic N) is 2. The van der Waals surface area contributed by atoms with Gasteiger partial charge in [0.15, 0.2) is 11.6 Å². The smallest absolute Gasteiger partial charge is 0.153 e. The highest BCUT2D eigenvalue weighted by atomic mass is 35.5. The minimum absolute atomic E-state index is 0.130. The first-order valence-corrected chi connectivity index (χ1v) is 6.45.